The Morgan fingerprint density at radius 3 is 2.62 bits per heavy atom. The molecule has 1 saturated carbocycles. The topological polar surface area (TPSA) is 78.6 Å². The second-order valence-corrected chi connectivity index (χ2v) is 5.97. The van der Waals surface area contributed by atoms with Crippen LogP contribution in [0.1, 0.15) is 36.3 Å². The highest BCUT2D eigenvalue weighted by molar-refractivity contribution is 6.16. The summed E-state index contributed by atoms with van der Waals surface area (Å²) >= 11 is 0. The van der Waals surface area contributed by atoms with Gasteiger partial charge in [-0.15, -0.1) is 0 Å². The molecule has 1 aliphatic carbocycles. The van der Waals surface area contributed by atoms with E-state index in [0.717, 1.165) is 11.1 Å². The molecular weight excluding hydrogens is 270 g/mol. The second-order valence-electron chi connectivity index (χ2n) is 5.97. The molecule has 0 bridgehead atoms. The summed E-state index contributed by atoms with van der Waals surface area (Å²) < 4.78 is 5.34. The van der Waals surface area contributed by atoms with Crippen LogP contribution in [-0.4, -0.2) is 24.8 Å². The van der Waals surface area contributed by atoms with E-state index in [1.54, 1.807) is 18.2 Å². The highest BCUT2D eigenvalue weighted by Crippen LogP contribution is 2.47. The van der Waals surface area contributed by atoms with E-state index in [-0.39, 0.29) is 11.6 Å². The van der Waals surface area contributed by atoms with Crippen molar-refractivity contribution >= 4 is 11.6 Å². The fourth-order valence-electron chi connectivity index (χ4n) is 3.52. The van der Waals surface area contributed by atoms with Crippen molar-refractivity contribution in [1.82, 2.24) is 0 Å². The van der Waals surface area contributed by atoms with Crippen LogP contribution in [0, 0.1) is 12.3 Å². The number of ketones is 2. The summed E-state index contributed by atoms with van der Waals surface area (Å²) in [6.07, 6.45) is 1.64. The minimum atomic E-state index is -0.644. The normalized spacial score (nSPS) is 24.6. The van der Waals surface area contributed by atoms with Gasteiger partial charge in [0.2, 0.25) is 0 Å². The van der Waals surface area contributed by atoms with Gasteiger partial charge >= 0.3 is 0 Å². The molecule has 1 saturated heterocycles. The van der Waals surface area contributed by atoms with Crippen molar-refractivity contribution in [1.29, 1.82) is 0 Å². The van der Waals surface area contributed by atoms with Crippen molar-refractivity contribution in [2.75, 3.05) is 13.2 Å². The van der Waals surface area contributed by atoms with E-state index >= 15 is 0 Å². The maximum Gasteiger partial charge on any atom is 0.154 e. The number of ether oxygens (including phenoxy) is 1. The predicted octanol–water partition coefficient (Wildman–Crippen LogP) is 1.67. The van der Waals surface area contributed by atoms with Crippen molar-refractivity contribution in [2.24, 2.45) is 11.3 Å². The third-order valence-corrected chi connectivity index (χ3v) is 4.76. The molecular formula is C16H19NO4. The lowest BCUT2D eigenvalue weighted by atomic mass is 9.76. The molecule has 0 aromatic heterocycles. The SMILES string of the molecule is Cc1cc(ON)ccc1C1C(=O)CC2(CCOCC2)C1=O. The molecule has 1 atom stereocenters. The van der Waals surface area contributed by atoms with Crippen molar-refractivity contribution in [3.63, 3.8) is 0 Å². The monoisotopic (exact) mass is 289 g/mol. The first kappa shape index (κ1) is 14.2. The fraction of sp³-hybridized carbons (Fsp3) is 0.500. The molecule has 21 heavy (non-hydrogen) atoms. The lowest BCUT2D eigenvalue weighted by Crippen LogP contribution is -2.34. The summed E-state index contributed by atoms with van der Waals surface area (Å²) in [5.74, 6) is 5.10. The summed E-state index contributed by atoms with van der Waals surface area (Å²) in [4.78, 5) is 30.0. The number of hydrogen-bond donors (Lipinski definition) is 1. The average Bonchev–Trinajstić information content (AvgIpc) is 2.71. The third-order valence-electron chi connectivity index (χ3n) is 4.76. The number of hydrogen-bond acceptors (Lipinski definition) is 5. The molecule has 1 aromatic rings. The number of aryl methyl sites for hydroxylation is 1. The van der Waals surface area contributed by atoms with Crippen LogP contribution in [0.25, 0.3) is 0 Å². The Morgan fingerprint density at radius 2 is 2.00 bits per heavy atom. The van der Waals surface area contributed by atoms with Crippen LogP contribution < -0.4 is 10.7 Å². The van der Waals surface area contributed by atoms with Crippen LogP contribution in [0.2, 0.25) is 0 Å². The van der Waals surface area contributed by atoms with Gasteiger partial charge in [0, 0.05) is 25.0 Å². The molecule has 5 nitrogen and oxygen atoms in total. The number of carbonyl (C=O) groups is 2. The number of Topliss-reactive ketones (excluding diaryl/α,β-unsaturated/α-hetero) is 2. The average molecular weight is 289 g/mol. The molecule has 5 heteroatoms. The van der Waals surface area contributed by atoms with Crippen LogP contribution in [-0.2, 0) is 14.3 Å². The Bertz CT molecular complexity index is 590. The maximum absolute atomic E-state index is 12.9. The van der Waals surface area contributed by atoms with Gasteiger partial charge in [-0.2, -0.15) is 5.90 Å². The zero-order valence-corrected chi connectivity index (χ0v) is 12.1. The van der Waals surface area contributed by atoms with Crippen LogP contribution >= 0.6 is 0 Å². The summed E-state index contributed by atoms with van der Waals surface area (Å²) in [6.45, 7) is 2.99. The molecule has 2 fully saturated rings. The minimum Gasteiger partial charge on any atom is -0.412 e. The predicted molar refractivity (Wildman–Crippen MR) is 75.9 cm³/mol. The van der Waals surface area contributed by atoms with E-state index in [0.29, 0.717) is 38.2 Å². The van der Waals surface area contributed by atoms with Crippen molar-refractivity contribution < 1.29 is 19.2 Å². The second kappa shape index (κ2) is 5.24. The Hall–Kier alpha value is -1.72. The van der Waals surface area contributed by atoms with Crippen LogP contribution in [0.4, 0.5) is 0 Å². The Morgan fingerprint density at radius 1 is 1.29 bits per heavy atom. The molecule has 1 spiro atoms. The maximum atomic E-state index is 12.9. The van der Waals surface area contributed by atoms with Gasteiger partial charge in [-0.3, -0.25) is 9.59 Å². The molecule has 112 valence electrons. The van der Waals surface area contributed by atoms with Crippen molar-refractivity contribution in [3.8, 4) is 5.75 Å². The van der Waals surface area contributed by atoms with E-state index in [1.165, 1.54) is 0 Å². The van der Waals surface area contributed by atoms with Crippen molar-refractivity contribution in [3.05, 3.63) is 29.3 Å². The van der Waals surface area contributed by atoms with Crippen LogP contribution in [0.5, 0.6) is 5.75 Å². The molecule has 1 unspecified atom stereocenters. The molecule has 1 aromatic carbocycles. The lowest BCUT2D eigenvalue weighted by molar-refractivity contribution is -0.131. The van der Waals surface area contributed by atoms with E-state index in [4.69, 9.17) is 10.6 Å². The van der Waals surface area contributed by atoms with E-state index < -0.39 is 11.3 Å². The van der Waals surface area contributed by atoms with E-state index in [2.05, 4.69) is 4.84 Å². The lowest BCUT2D eigenvalue weighted by Gasteiger charge is -2.31. The number of nitrogens with two attached hydrogens (primary N) is 1. The van der Waals surface area contributed by atoms with E-state index in [9.17, 15) is 9.59 Å². The number of carbonyl (C=O) groups excluding carboxylic acids is 2. The molecule has 2 aliphatic rings. The molecule has 0 radical (unpaired) electrons. The standard InChI is InChI=1S/C16H19NO4/c1-10-8-11(21-17)2-3-12(10)14-13(18)9-16(15(14)19)4-6-20-7-5-16/h2-3,8,14H,4-7,9,17H2,1H3. The summed E-state index contributed by atoms with van der Waals surface area (Å²) in [6, 6.07) is 5.22. The first-order valence-corrected chi connectivity index (χ1v) is 7.19. The van der Waals surface area contributed by atoms with Crippen LogP contribution in [0.15, 0.2) is 18.2 Å². The number of rotatable bonds is 2. The largest absolute Gasteiger partial charge is 0.412 e. The quantitative estimate of drug-likeness (QED) is 0.662. The van der Waals surface area contributed by atoms with Gasteiger partial charge in [-0.1, -0.05) is 6.07 Å². The van der Waals surface area contributed by atoms with Gasteiger partial charge in [0.15, 0.2) is 5.78 Å². The Kier molecular flexibility index (Phi) is 3.55. The van der Waals surface area contributed by atoms with Gasteiger partial charge < -0.3 is 9.57 Å². The molecule has 2 N–H and O–H groups in total. The van der Waals surface area contributed by atoms with Gasteiger partial charge in [0.05, 0.1) is 0 Å². The summed E-state index contributed by atoms with van der Waals surface area (Å²) in [5, 5.41) is 0. The summed E-state index contributed by atoms with van der Waals surface area (Å²) in [7, 11) is 0. The Labute approximate surface area is 123 Å². The highest BCUT2D eigenvalue weighted by Gasteiger charge is 2.53. The molecule has 0 amide bonds. The first-order chi connectivity index (χ1) is 10.1. The molecule has 1 heterocycles. The smallest absolute Gasteiger partial charge is 0.154 e. The fourth-order valence-corrected chi connectivity index (χ4v) is 3.52. The van der Waals surface area contributed by atoms with Gasteiger partial charge in [0.1, 0.15) is 17.5 Å². The van der Waals surface area contributed by atoms with Gasteiger partial charge in [-0.05, 0) is 43.0 Å². The van der Waals surface area contributed by atoms with Gasteiger partial charge in [0.25, 0.3) is 0 Å². The minimum absolute atomic E-state index is 0.0198. The van der Waals surface area contributed by atoms with Crippen LogP contribution in [0.3, 0.4) is 0 Å². The summed E-state index contributed by atoms with van der Waals surface area (Å²) in [5.41, 5.74) is 1.12. The van der Waals surface area contributed by atoms with Crippen molar-refractivity contribution in [2.45, 2.75) is 32.1 Å². The molecule has 1 aliphatic heterocycles. The third kappa shape index (κ3) is 2.26. The highest BCUT2D eigenvalue weighted by atomic mass is 16.6. The zero-order chi connectivity index (χ0) is 15.0. The molecule has 3 rings (SSSR count). The van der Waals surface area contributed by atoms with Gasteiger partial charge in [-0.25, -0.2) is 0 Å². The zero-order valence-electron chi connectivity index (χ0n) is 12.1. The first-order valence-electron chi connectivity index (χ1n) is 7.19. The Balaban J connectivity index is 1.95. The number of benzene rings is 1. The van der Waals surface area contributed by atoms with E-state index in [1.807, 2.05) is 6.92 Å².